The Bertz CT molecular complexity index is 882. The van der Waals surface area contributed by atoms with Gasteiger partial charge in [0.2, 0.25) is 5.91 Å². The van der Waals surface area contributed by atoms with Crippen LogP contribution in [0, 0.1) is 0 Å². The van der Waals surface area contributed by atoms with E-state index in [1.807, 2.05) is 0 Å². The normalized spacial score (nSPS) is 16.5. The molecule has 0 atom stereocenters. The molecule has 1 saturated heterocycles. The highest BCUT2D eigenvalue weighted by molar-refractivity contribution is 6.30. The molecule has 0 unspecified atom stereocenters. The third-order valence-corrected chi connectivity index (χ3v) is 4.79. The first-order valence-electron chi connectivity index (χ1n) is 8.49. The average molecular weight is 334 g/mol. The summed E-state index contributed by atoms with van der Waals surface area (Å²) in [6.07, 6.45) is 2.22. The molecule has 1 aliphatic heterocycles. The fourth-order valence-corrected chi connectivity index (χ4v) is 3.58. The van der Waals surface area contributed by atoms with Crippen LogP contribution in [0.5, 0.6) is 0 Å². The van der Waals surface area contributed by atoms with Crippen LogP contribution in [0.4, 0.5) is 5.69 Å². The minimum absolute atomic E-state index is 0.158. The van der Waals surface area contributed by atoms with Gasteiger partial charge in [-0.05, 0) is 32.0 Å². The van der Waals surface area contributed by atoms with E-state index in [4.69, 9.17) is 0 Å². The number of ketones is 2. The summed E-state index contributed by atoms with van der Waals surface area (Å²) in [5.41, 5.74) is 1.86. The van der Waals surface area contributed by atoms with Crippen molar-refractivity contribution in [2.75, 3.05) is 25.0 Å². The van der Waals surface area contributed by atoms with Crippen LogP contribution in [0.3, 0.4) is 0 Å². The van der Waals surface area contributed by atoms with Crippen LogP contribution < -0.4 is 5.32 Å². The van der Waals surface area contributed by atoms with Gasteiger partial charge in [0, 0.05) is 16.7 Å². The van der Waals surface area contributed by atoms with Crippen molar-refractivity contribution in [1.29, 1.82) is 0 Å². The zero-order chi connectivity index (χ0) is 17.4. The predicted octanol–water partition coefficient (Wildman–Crippen LogP) is 2.50. The number of fused-ring (bicyclic) bond motifs is 2. The molecule has 0 bridgehead atoms. The van der Waals surface area contributed by atoms with E-state index in [2.05, 4.69) is 10.2 Å². The summed E-state index contributed by atoms with van der Waals surface area (Å²) in [6.45, 7) is 2.15. The highest BCUT2D eigenvalue weighted by atomic mass is 16.2. The van der Waals surface area contributed by atoms with E-state index in [1.165, 1.54) is 0 Å². The second-order valence-corrected chi connectivity index (χ2v) is 6.46. The smallest absolute Gasteiger partial charge is 0.238 e. The molecule has 0 spiro atoms. The third-order valence-electron chi connectivity index (χ3n) is 4.79. The van der Waals surface area contributed by atoms with E-state index in [1.54, 1.807) is 42.5 Å². The van der Waals surface area contributed by atoms with Crippen molar-refractivity contribution >= 4 is 23.2 Å². The lowest BCUT2D eigenvalue weighted by Gasteiger charge is -2.21. The summed E-state index contributed by atoms with van der Waals surface area (Å²) < 4.78 is 0. The monoisotopic (exact) mass is 334 g/mol. The van der Waals surface area contributed by atoms with E-state index in [0.717, 1.165) is 25.9 Å². The van der Waals surface area contributed by atoms with Crippen molar-refractivity contribution in [3.05, 3.63) is 64.7 Å². The molecule has 25 heavy (non-hydrogen) atoms. The first-order chi connectivity index (χ1) is 12.1. The number of anilines is 1. The van der Waals surface area contributed by atoms with Gasteiger partial charge in [-0.2, -0.15) is 0 Å². The van der Waals surface area contributed by atoms with Gasteiger partial charge in [0.15, 0.2) is 11.6 Å². The summed E-state index contributed by atoms with van der Waals surface area (Å²) in [7, 11) is 0. The van der Waals surface area contributed by atoms with E-state index in [-0.39, 0.29) is 17.5 Å². The van der Waals surface area contributed by atoms with Crippen molar-refractivity contribution in [2.24, 2.45) is 0 Å². The van der Waals surface area contributed by atoms with Gasteiger partial charge >= 0.3 is 0 Å². The molecule has 0 radical (unpaired) electrons. The van der Waals surface area contributed by atoms with Crippen molar-refractivity contribution in [1.82, 2.24) is 4.90 Å². The Morgan fingerprint density at radius 1 is 0.880 bits per heavy atom. The topological polar surface area (TPSA) is 66.5 Å². The minimum atomic E-state index is -0.220. The van der Waals surface area contributed by atoms with E-state index < -0.39 is 0 Å². The Hall–Kier alpha value is -2.79. The van der Waals surface area contributed by atoms with Gasteiger partial charge in [-0.3, -0.25) is 19.3 Å². The molecular formula is C20H18N2O3. The molecule has 1 aliphatic carbocycles. The van der Waals surface area contributed by atoms with Crippen LogP contribution in [0.2, 0.25) is 0 Å². The van der Waals surface area contributed by atoms with E-state index in [9.17, 15) is 14.4 Å². The highest BCUT2D eigenvalue weighted by Gasteiger charge is 2.31. The molecule has 2 aliphatic rings. The summed E-state index contributed by atoms with van der Waals surface area (Å²) >= 11 is 0. The van der Waals surface area contributed by atoms with Crippen molar-refractivity contribution in [2.45, 2.75) is 12.8 Å². The van der Waals surface area contributed by atoms with Crippen LogP contribution in [-0.2, 0) is 4.79 Å². The van der Waals surface area contributed by atoms with Gasteiger partial charge in [0.25, 0.3) is 0 Å². The summed E-state index contributed by atoms with van der Waals surface area (Å²) in [6, 6.07) is 11.8. The first kappa shape index (κ1) is 15.7. The van der Waals surface area contributed by atoms with Crippen molar-refractivity contribution in [3.8, 4) is 0 Å². The Morgan fingerprint density at radius 3 is 2.24 bits per heavy atom. The van der Waals surface area contributed by atoms with Gasteiger partial charge in [-0.25, -0.2) is 0 Å². The lowest BCUT2D eigenvalue weighted by molar-refractivity contribution is -0.117. The summed E-state index contributed by atoms with van der Waals surface area (Å²) in [4.78, 5) is 40.0. The Balaban J connectivity index is 1.66. The Labute approximate surface area is 145 Å². The Kier molecular flexibility index (Phi) is 3.93. The molecule has 4 rings (SSSR count). The molecule has 0 saturated carbocycles. The van der Waals surface area contributed by atoms with Crippen LogP contribution in [0.15, 0.2) is 42.5 Å². The quantitative estimate of drug-likeness (QED) is 0.799. The molecule has 0 aromatic heterocycles. The number of carbonyl (C=O) groups is 3. The zero-order valence-corrected chi connectivity index (χ0v) is 13.7. The van der Waals surface area contributed by atoms with Gasteiger partial charge in [-0.1, -0.05) is 36.4 Å². The predicted molar refractivity (Wildman–Crippen MR) is 94.1 cm³/mol. The lowest BCUT2D eigenvalue weighted by Crippen LogP contribution is -2.32. The van der Waals surface area contributed by atoms with Crippen LogP contribution in [-0.4, -0.2) is 42.0 Å². The Morgan fingerprint density at radius 2 is 1.52 bits per heavy atom. The number of rotatable bonds is 3. The maximum atomic E-state index is 12.9. The third kappa shape index (κ3) is 2.76. The largest absolute Gasteiger partial charge is 0.324 e. The molecular weight excluding hydrogens is 316 g/mol. The van der Waals surface area contributed by atoms with Crippen LogP contribution >= 0.6 is 0 Å². The van der Waals surface area contributed by atoms with Gasteiger partial charge < -0.3 is 5.32 Å². The molecule has 5 nitrogen and oxygen atoms in total. The standard InChI is InChI=1S/C20H18N2O3/c23-17(12-22-10-3-4-11-22)21-16-9-5-8-15-18(16)20(25)14-7-2-1-6-13(14)19(15)24/h1-2,5-9H,3-4,10-12H2,(H,21,23). The van der Waals surface area contributed by atoms with E-state index in [0.29, 0.717) is 34.5 Å². The number of hydrogen-bond acceptors (Lipinski definition) is 4. The second kappa shape index (κ2) is 6.26. The number of hydrogen-bond donors (Lipinski definition) is 1. The maximum absolute atomic E-state index is 12.9. The number of likely N-dealkylation sites (tertiary alicyclic amines) is 1. The number of carbonyl (C=O) groups excluding carboxylic acids is 3. The zero-order valence-electron chi connectivity index (χ0n) is 13.7. The number of benzene rings is 2. The van der Waals surface area contributed by atoms with Gasteiger partial charge in [0.05, 0.1) is 17.8 Å². The number of nitrogens with zero attached hydrogens (tertiary/aromatic N) is 1. The van der Waals surface area contributed by atoms with Crippen LogP contribution in [0.1, 0.15) is 44.7 Å². The molecule has 1 heterocycles. The van der Waals surface area contributed by atoms with Crippen molar-refractivity contribution in [3.63, 3.8) is 0 Å². The first-order valence-corrected chi connectivity index (χ1v) is 8.49. The summed E-state index contributed by atoms with van der Waals surface area (Å²) in [5, 5.41) is 2.83. The van der Waals surface area contributed by atoms with Crippen molar-refractivity contribution < 1.29 is 14.4 Å². The fourth-order valence-electron chi connectivity index (χ4n) is 3.58. The molecule has 126 valence electrons. The van der Waals surface area contributed by atoms with E-state index >= 15 is 0 Å². The molecule has 1 amide bonds. The van der Waals surface area contributed by atoms with Gasteiger partial charge in [-0.15, -0.1) is 0 Å². The molecule has 2 aromatic carbocycles. The summed E-state index contributed by atoms with van der Waals surface area (Å²) in [5.74, 6) is -0.558. The SMILES string of the molecule is O=C(CN1CCCC1)Nc1cccc2c1C(=O)c1ccccc1C2=O. The number of nitrogens with one attached hydrogen (secondary N) is 1. The minimum Gasteiger partial charge on any atom is -0.324 e. The van der Waals surface area contributed by atoms with Gasteiger partial charge in [0.1, 0.15) is 0 Å². The second-order valence-electron chi connectivity index (χ2n) is 6.46. The fraction of sp³-hybridized carbons (Fsp3) is 0.250. The number of amides is 1. The molecule has 2 aromatic rings. The highest BCUT2D eigenvalue weighted by Crippen LogP contribution is 2.31. The molecule has 5 heteroatoms. The lowest BCUT2D eigenvalue weighted by atomic mass is 9.83. The molecule has 1 N–H and O–H groups in total. The maximum Gasteiger partial charge on any atom is 0.238 e. The average Bonchev–Trinajstić information content (AvgIpc) is 3.12. The van der Waals surface area contributed by atoms with Crippen LogP contribution in [0.25, 0.3) is 0 Å². The molecule has 1 fully saturated rings.